The molecular weight excluding hydrogens is 380 g/mol. The van der Waals surface area contributed by atoms with Crippen molar-refractivity contribution in [2.24, 2.45) is 0 Å². The molecule has 0 heterocycles. The Balaban J connectivity index is 1.75. The lowest BCUT2D eigenvalue weighted by molar-refractivity contribution is -0.118. The molecule has 0 atom stereocenters. The van der Waals surface area contributed by atoms with Gasteiger partial charge in [-0.25, -0.2) is 0 Å². The highest BCUT2D eigenvalue weighted by Gasteiger charge is 2.13. The highest BCUT2D eigenvalue weighted by atomic mass is 16.5. The van der Waals surface area contributed by atoms with Crippen LogP contribution in [0.25, 0.3) is 11.1 Å². The number of amides is 2. The zero-order valence-electron chi connectivity index (χ0n) is 16.8. The Morgan fingerprint density at radius 2 is 1.50 bits per heavy atom. The van der Waals surface area contributed by atoms with Crippen LogP contribution in [-0.2, 0) is 9.59 Å². The second-order valence-corrected chi connectivity index (χ2v) is 6.70. The van der Waals surface area contributed by atoms with E-state index in [1.54, 1.807) is 12.1 Å². The minimum Gasteiger partial charge on any atom is -0.482 e. The largest absolute Gasteiger partial charge is 0.482 e. The van der Waals surface area contributed by atoms with Gasteiger partial charge in [-0.1, -0.05) is 48.5 Å². The lowest BCUT2D eigenvalue weighted by Gasteiger charge is -2.14. The fourth-order valence-corrected chi connectivity index (χ4v) is 2.94. The summed E-state index contributed by atoms with van der Waals surface area (Å²) >= 11 is 0. The van der Waals surface area contributed by atoms with Crippen molar-refractivity contribution in [2.45, 2.75) is 13.8 Å². The Morgan fingerprint density at radius 3 is 2.20 bits per heavy atom. The van der Waals surface area contributed by atoms with Crippen LogP contribution in [0.3, 0.4) is 0 Å². The van der Waals surface area contributed by atoms with E-state index in [9.17, 15) is 14.4 Å². The van der Waals surface area contributed by atoms with E-state index < -0.39 is 0 Å². The molecule has 0 aliphatic rings. The molecule has 3 aromatic rings. The monoisotopic (exact) mass is 402 g/mol. The summed E-state index contributed by atoms with van der Waals surface area (Å²) in [5.74, 6) is -0.531. The molecule has 0 aromatic heterocycles. The number of Topliss-reactive ketones (excluding diaryl/α,β-unsaturated/α-hetero) is 1. The Hall–Kier alpha value is -3.93. The molecule has 6 heteroatoms. The first-order chi connectivity index (χ1) is 14.4. The molecule has 6 nitrogen and oxygen atoms in total. The van der Waals surface area contributed by atoms with E-state index in [4.69, 9.17) is 4.74 Å². The number of nitrogens with one attached hydrogen (secondary N) is 2. The molecular formula is C24H22N2O4. The van der Waals surface area contributed by atoms with Crippen molar-refractivity contribution in [1.29, 1.82) is 0 Å². The molecule has 0 fully saturated rings. The number of benzene rings is 3. The fourth-order valence-electron chi connectivity index (χ4n) is 2.94. The van der Waals surface area contributed by atoms with E-state index in [-0.39, 0.29) is 30.0 Å². The van der Waals surface area contributed by atoms with E-state index in [2.05, 4.69) is 10.6 Å². The van der Waals surface area contributed by atoms with Gasteiger partial charge in [0.05, 0.1) is 5.69 Å². The van der Waals surface area contributed by atoms with Crippen LogP contribution in [0.2, 0.25) is 0 Å². The molecule has 3 aromatic carbocycles. The number of hydrogen-bond donors (Lipinski definition) is 2. The van der Waals surface area contributed by atoms with Crippen molar-refractivity contribution < 1.29 is 19.1 Å². The maximum Gasteiger partial charge on any atom is 0.262 e. The van der Waals surface area contributed by atoms with E-state index >= 15 is 0 Å². The molecule has 0 saturated heterocycles. The van der Waals surface area contributed by atoms with Crippen LogP contribution in [0, 0.1) is 0 Å². The molecule has 0 saturated carbocycles. The smallest absolute Gasteiger partial charge is 0.262 e. The second kappa shape index (κ2) is 9.52. The van der Waals surface area contributed by atoms with Crippen LogP contribution in [0.15, 0.2) is 72.8 Å². The molecule has 0 unspecified atom stereocenters. The number of anilines is 2. The maximum absolute atomic E-state index is 12.5. The molecule has 0 bridgehead atoms. The Kier molecular flexibility index (Phi) is 6.60. The Morgan fingerprint density at radius 1 is 0.800 bits per heavy atom. The third-order valence-corrected chi connectivity index (χ3v) is 4.34. The summed E-state index contributed by atoms with van der Waals surface area (Å²) in [6.45, 7) is 2.53. The Labute approximate surface area is 174 Å². The van der Waals surface area contributed by atoms with Gasteiger partial charge in [-0.3, -0.25) is 14.4 Å². The van der Waals surface area contributed by atoms with Gasteiger partial charge in [0.15, 0.2) is 12.4 Å². The quantitative estimate of drug-likeness (QED) is 0.569. The lowest BCUT2D eigenvalue weighted by atomic mass is 10.0. The van der Waals surface area contributed by atoms with Gasteiger partial charge in [0.2, 0.25) is 5.91 Å². The first-order valence-corrected chi connectivity index (χ1v) is 9.43. The number of ketones is 1. The van der Waals surface area contributed by atoms with Gasteiger partial charge >= 0.3 is 0 Å². The number of hydrogen-bond acceptors (Lipinski definition) is 4. The molecule has 2 N–H and O–H groups in total. The minimum atomic E-state index is -0.361. The molecule has 3 rings (SSSR count). The standard InChI is InChI=1S/C24H22N2O4/c1-16(27)19-12-13-22(25-17(2)28)23(14-19)30-15-24(29)26-21-11-7-6-10-20(21)18-8-4-3-5-9-18/h3-14H,15H2,1-2H3,(H,25,28)(H,26,29). The molecule has 0 radical (unpaired) electrons. The average molecular weight is 402 g/mol. The molecule has 0 spiro atoms. The summed E-state index contributed by atoms with van der Waals surface area (Å²) in [4.78, 5) is 35.6. The minimum absolute atomic E-state index is 0.143. The molecule has 2 amide bonds. The molecule has 0 aliphatic heterocycles. The van der Waals surface area contributed by atoms with E-state index in [1.807, 2.05) is 54.6 Å². The zero-order chi connectivity index (χ0) is 21.5. The fraction of sp³-hybridized carbons (Fsp3) is 0.125. The Bertz CT molecular complexity index is 1080. The van der Waals surface area contributed by atoms with Gasteiger partial charge in [0.1, 0.15) is 5.75 Å². The van der Waals surface area contributed by atoms with Crippen molar-refractivity contribution in [2.75, 3.05) is 17.2 Å². The first kappa shape index (κ1) is 20.8. The zero-order valence-corrected chi connectivity index (χ0v) is 16.8. The predicted octanol–water partition coefficient (Wildman–Crippen LogP) is 4.53. The lowest BCUT2D eigenvalue weighted by Crippen LogP contribution is -2.21. The summed E-state index contributed by atoms with van der Waals surface area (Å²) in [6.07, 6.45) is 0. The van der Waals surface area contributed by atoms with Crippen LogP contribution in [0.1, 0.15) is 24.2 Å². The number of para-hydroxylation sites is 1. The summed E-state index contributed by atoms with van der Waals surface area (Å²) < 4.78 is 5.63. The van der Waals surface area contributed by atoms with E-state index in [0.29, 0.717) is 16.9 Å². The van der Waals surface area contributed by atoms with Crippen molar-refractivity contribution in [3.63, 3.8) is 0 Å². The van der Waals surface area contributed by atoms with E-state index in [0.717, 1.165) is 11.1 Å². The molecule has 0 aliphatic carbocycles. The van der Waals surface area contributed by atoms with E-state index in [1.165, 1.54) is 19.9 Å². The summed E-state index contributed by atoms with van der Waals surface area (Å²) in [7, 11) is 0. The van der Waals surface area contributed by atoms with Crippen molar-refractivity contribution >= 4 is 29.0 Å². The number of carbonyl (C=O) groups is 3. The molecule has 30 heavy (non-hydrogen) atoms. The van der Waals surface area contributed by atoms with Crippen molar-refractivity contribution in [1.82, 2.24) is 0 Å². The predicted molar refractivity (Wildman–Crippen MR) is 117 cm³/mol. The maximum atomic E-state index is 12.5. The van der Waals surface area contributed by atoms with Gasteiger partial charge in [-0.05, 0) is 36.8 Å². The van der Waals surface area contributed by atoms with Crippen LogP contribution in [0.5, 0.6) is 5.75 Å². The van der Waals surface area contributed by atoms with Crippen molar-refractivity contribution in [3.05, 3.63) is 78.4 Å². The summed E-state index contributed by atoms with van der Waals surface area (Å²) in [5.41, 5.74) is 3.36. The number of ether oxygens (including phenoxy) is 1. The van der Waals surface area contributed by atoms with Gasteiger partial charge in [-0.15, -0.1) is 0 Å². The van der Waals surface area contributed by atoms with Crippen LogP contribution < -0.4 is 15.4 Å². The topological polar surface area (TPSA) is 84.5 Å². The average Bonchev–Trinajstić information content (AvgIpc) is 2.73. The van der Waals surface area contributed by atoms with Crippen LogP contribution in [0.4, 0.5) is 11.4 Å². The van der Waals surface area contributed by atoms with Crippen molar-refractivity contribution in [3.8, 4) is 16.9 Å². The SMILES string of the molecule is CC(=O)Nc1ccc(C(C)=O)cc1OCC(=O)Nc1ccccc1-c1ccccc1. The van der Waals surface area contributed by atoms with Crippen LogP contribution in [-0.4, -0.2) is 24.2 Å². The number of rotatable bonds is 7. The third kappa shape index (κ3) is 5.32. The second-order valence-electron chi connectivity index (χ2n) is 6.70. The van der Waals surface area contributed by atoms with Gasteiger partial charge in [-0.2, -0.15) is 0 Å². The highest BCUT2D eigenvalue weighted by Crippen LogP contribution is 2.28. The first-order valence-electron chi connectivity index (χ1n) is 9.43. The van der Waals surface area contributed by atoms with Gasteiger partial charge in [0.25, 0.3) is 5.91 Å². The third-order valence-electron chi connectivity index (χ3n) is 4.34. The summed E-state index contributed by atoms with van der Waals surface area (Å²) in [6, 6.07) is 21.9. The normalized spacial score (nSPS) is 10.2. The summed E-state index contributed by atoms with van der Waals surface area (Å²) in [5, 5.41) is 5.50. The van der Waals surface area contributed by atoms with Gasteiger partial charge in [0, 0.05) is 23.7 Å². The van der Waals surface area contributed by atoms with Crippen LogP contribution >= 0.6 is 0 Å². The highest BCUT2D eigenvalue weighted by molar-refractivity contribution is 5.98. The van der Waals surface area contributed by atoms with Gasteiger partial charge < -0.3 is 15.4 Å². The molecule has 152 valence electrons. The number of carbonyl (C=O) groups excluding carboxylic acids is 3.